The fraction of sp³-hybridized carbons (Fsp3) is 0.267. The van der Waals surface area contributed by atoms with Crippen molar-refractivity contribution < 1.29 is 14.3 Å². The Kier molecular flexibility index (Phi) is 6.67. The molecule has 1 aliphatic rings. The first kappa shape index (κ1) is 25.5. The van der Waals surface area contributed by atoms with E-state index in [0.29, 0.717) is 34.9 Å². The summed E-state index contributed by atoms with van der Waals surface area (Å²) in [5.74, 6) is 0.252. The van der Waals surface area contributed by atoms with Gasteiger partial charge in [0, 0.05) is 23.5 Å². The van der Waals surface area contributed by atoms with Gasteiger partial charge in [0.25, 0.3) is 0 Å². The van der Waals surface area contributed by atoms with E-state index in [1.54, 1.807) is 18.5 Å². The summed E-state index contributed by atoms with van der Waals surface area (Å²) in [6.07, 6.45) is 3.02. The van der Waals surface area contributed by atoms with Gasteiger partial charge in [-0.25, -0.2) is 24.1 Å². The highest BCUT2D eigenvalue weighted by Gasteiger charge is 2.39. The summed E-state index contributed by atoms with van der Waals surface area (Å²) in [4.78, 5) is 26.8. The summed E-state index contributed by atoms with van der Waals surface area (Å²) < 4.78 is 14.2. The number of hydrogen-bond donors (Lipinski definition) is 3. The van der Waals surface area contributed by atoms with Gasteiger partial charge in [0.15, 0.2) is 0 Å². The Labute approximate surface area is 221 Å². The Morgan fingerprint density at radius 1 is 1.00 bits per heavy atom. The minimum absolute atomic E-state index is 0.353. The number of carbonyl (C=O) groups is 1. The Bertz CT molecular complexity index is 1490. The predicted molar refractivity (Wildman–Crippen MR) is 145 cm³/mol. The molecule has 0 saturated heterocycles. The van der Waals surface area contributed by atoms with E-state index < -0.39 is 24.0 Å². The van der Waals surface area contributed by atoms with E-state index in [-0.39, 0.29) is 5.41 Å². The second-order valence-electron chi connectivity index (χ2n) is 10.4. The van der Waals surface area contributed by atoms with Gasteiger partial charge in [0.1, 0.15) is 11.6 Å². The number of pyridine rings is 1. The van der Waals surface area contributed by atoms with Crippen molar-refractivity contribution in [1.82, 2.24) is 20.3 Å². The molecule has 2 atom stereocenters. The van der Waals surface area contributed by atoms with Crippen LogP contribution in [0.1, 0.15) is 48.8 Å². The van der Waals surface area contributed by atoms with E-state index in [0.717, 1.165) is 22.3 Å². The number of aryl methyl sites for hydroxylation is 2. The van der Waals surface area contributed by atoms with Crippen LogP contribution >= 0.6 is 0 Å². The molecule has 2 amide bonds. The summed E-state index contributed by atoms with van der Waals surface area (Å²) in [5, 5.41) is 16.7. The number of benzene rings is 2. The maximum Gasteiger partial charge on any atom is 0.319 e. The van der Waals surface area contributed by atoms with E-state index in [4.69, 9.17) is 4.98 Å². The van der Waals surface area contributed by atoms with Crippen molar-refractivity contribution in [2.45, 2.75) is 51.7 Å². The number of carbonyl (C=O) groups excluding carboxylic acids is 1. The Hall–Kier alpha value is -4.17. The molecule has 0 radical (unpaired) electrons. The molecule has 4 aromatic rings. The fourth-order valence-electron chi connectivity index (χ4n) is 5.17. The summed E-state index contributed by atoms with van der Waals surface area (Å²) in [5.41, 5.74) is 5.36. The van der Waals surface area contributed by atoms with Crippen molar-refractivity contribution in [3.8, 4) is 22.5 Å². The topological polar surface area (TPSA) is 100 Å². The largest absolute Gasteiger partial charge is 0.391 e. The van der Waals surface area contributed by atoms with Crippen molar-refractivity contribution in [2.24, 2.45) is 0 Å². The molecule has 194 valence electrons. The number of aromatic nitrogens is 3. The van der Waals surface area contributed by atoms with Crippen molar-refractivity contribution in [3.63, 3.8) is 0 Å². The molecule has 5 rings (SSSR count). The van der Waals surface area contributed by atoms with E-state index in [2.05, 4.69) is 20.6 Å². The van der Waals surface area contributed by atoms with Crippen LogP contribution in [0.4, 0.5) is 14.9 Å². The van der Waals surface area contributed by atoms with Gasteiger partial charge in [-0.1, -0.05) is 50.2 Å². The highest BCUT2D eigenvalue weighted by Crippen LogP contribution is 2.42. The molecular weight excluding hydrogens is 481 g/mol. The van der Waals surface area contributed by atoms with Gasteiger partial charge in [-0.05, 0) is 60.6 Å². The lowest BCUT2D eigenvalue weighted by atomic mass is 9.69. The summed E-state index contributed by atoms with van der Waals surface area (Å²) in [6, 6.07) is 14.7. The summed E-state index contributed by atoms with van der Waals surface area (Å²) in [7, 11) is 0. The molecule has 1 aliphatic carbocycles. The van der Waals surface area contributed by atoms with Gasteiger partial charge < -0.3 is 15.7 Å². The second kappa shape index (κ2) is 9.95. The number of halogens is 1. The molecular formula is C30H30FN5O2. The quantitative estimate of drug-likeness (QED) is 0.318. The smallest absolute Gasteiger partial charge is 0.319 e. The van der Waals surface area contributed by atoms with Crippen LogP contribution in [0, 0.1) is 19.7 Å². The molecule has 0 aliphatic heterocycles. The molecule has 2 heterocycles. The average Bonchev–Trinajstić information content (AvgIpc) is 2.87. The lowest BCUT2D eigenvalue weighted by molar-refractivity contribution is 0.0881. The molecule has 2 aromatic heterocycles. The highest BCUT2D eigenvalue weighted by molar-refractivity contribution is 5.94. The Balaban J connectivity index is 1.49. The van der Waals surface area contributed by atoms with Crippen molar-refractivity contribution in [1.29, 1.82) is 0 Å². The zero-order valence-corrected chi connectivity index (χ0v) is 21.8. The third-order valence-electron chi connectivity index (χ3n) is 7.03. The third kappa shape index (κ3) is 4.99. The van der Waals surface area contributed by atoms with Gasteiger partial charge >= 0.3 is 6.03 Å². The molecule has 0 saturated carbocycles. The molecule has 0 spiro atoms. The highest BCUT2D eigenvalue weighted by atomic mass is 19.1. The van der Waals surface area contributed by atoms with Gasteiger partial charge in [-0.15, -0.1) is 0 Å². The normalized spacial score (nSPS) is 17.9. The SMILES string of the molecule is Cc1ncc(-c2nc(-c3ccccc3)c(NC(=O)N[C@@H]3c4cc(F)ccc4C(C)(C)C[C@@H]3O)cc2C)cn1. The number of amides is 2. The fourth-order valence-corrected chi connectivity index (χ4v) is 5.17. The van der Waals surface area contributed by atoms with Crippen LogP contribution < -0.4 is 10.6 Å². The number of aliphatic hydroxyl groups is 1. The summed E-state index contributed by atoms with van der Waals surface area (Å²) >= 11 is 0. The van der Waals surface area contributed by atoms with Gasteiger partial charge in [0.05, 0.1) is 29.2 Å². The van der Waals surface area contributed by atoms with Crippen molar-refractivity contribution in [3.05, 3.63) is 95.3 Å². The molecule has 0 fully saturated rings. The molecule has 3 N–H and O–H groups in total. The van der Waals surface area contributed by atoms with E-state index >= 15 is 0 Å². The summed E-state index contributed by atoms with van der Waals surface area (Å²) in [6.45, 7) is 7.74. The molecule has 0 unspecified atom stereocenters. The van der Waals surface area contributed by atoms with Crippen molar-refractivity contribution >= 4 is 11.7 Å². The molecule has 0 bridgehead atoms. The number of hydrogen-bond acceptors (Lipinski definition) is 5. The van der Waals surface area contributed by atoms with Crippen LogP contribution in [0.2, 0.25) is 0 Å². The van der Waals surface area contributed by atoms with E-state index in [9.17, 15) is 14.3 Å². The van der Waals surface area contributed by atoms with Crippen LogP contribution in [-0.4, -0.2) is 32.2 Å². The first-order valence-electron chi connectivity index (χ1n) is 12.5. The number of nitrogens with zero attached hydrogens (tertiary/aromatic N) is 3. The first-order chi connectivity index (χ1) is 18.1. The average molecular weight is 512 g/mol. The maximum absolute atomic E-state index is 14.2. The van der Waals surface area contributed by atoms with Gasteiger partial charge in [-0.2, -0.15) is 0 Å². The maximum atomic E-state index is 14.2. The minimum atomic E-state index is -0.873. The Morgan fingerprint density at radius 2 is 1.71 bits per heavy atom. The zero-order valence-electron chi connectivity index (χ0n) is 21.8. The monoisotopic (exact) mass is 511 g/mol. The van der Waals surface area contributed by atoms with Crippen LogP contribution in [0.3, 0.4) is 0 Å². The van der Waals surface area contributed by atoms with E-state index in [1.165, 1.54) is 12.1 Å². The van der Waals surface area contributed by atoms with Gasteiger partial charge in [0.2, 0.25) is 0 Å². The number of anilines is 1. The molecule has 7 nitrogen and oxygen atoms in total. The second-order valence-corrected chi connectivity index (χ2v) is 10.4. The number of rotatable bonds is 4. The van der Waals surface area contributed by atoms with Gasteiger partial charge in [-0.3, -0.25) is 0 Å². The minimum Gasteiger partial charge on any atom is -0.391 e. The van der Waals surface area contributed by atoms with Crippen molar-refractivity contribution in [2.75, 3.05) is 5.32 Å². The zero-order chi connectivity index (χ0) is 27.0. The number of nitrogens with one attached hydrogen (secondary N) is 2. The molecule has 2 aromatic carbocycles. The molecule has 38 heavy (non-hydrogen) atoms. The van der Waals surface area contributed by atoms with Crippen LogP contribution in [-0.2, 0) is 5.41 Å². The van der Waals surface area contributed by atoms with Crippen LogP contribution in [0.25, 0.3) is 22.5 Å². The standard InChI is InChI=1S/C30H30FN5O2/c1-17-12-24(27(19-8-6-5-7-9-19)35-26(17)20-15-32-18(2)33-16-20)34-29(38)36-28-22-13-21(31)10-11-23(22)30(3,4)14-25(28)37/h5-13,15-16,25,28,37H,14H2,1-4H3,(H2,34,36,38)/t25-,28+/m0/s1. The Morgan fingerprint density at radius 3 is 2.42 bits per heavy atom. The van der Waals surface area contributed by atoms with Crippen LogP contribution in [0.15, 0.2) is 67.0 Å². The van der Waals surface area contributed by atoms with E-state index in [1.807, 2.05) is 64.1 Å². The lowest BCUT2D eigenvalue weighted by Crippen LogP contribution is -2.45. The predicted octanol–water partition coefficient (Wildman–Crippen LogP) is 5.87. The number of urea groups is 1. The number of aliphatic hydroxyl groups excluding tert-OH is 1. The lowest BCUT2D eigenvalue weighted by Gasteiger charge is -2.40. The first-order valence-corrected chi connectivity index (χ1v) is 12.5. The van der Waals surface area contributed by atoms with Crippen LogP contribution in [0.5, 0.6) is 0 Å². The number of fused-ring (bicyclic) bond motifs is 1. The third-order valence-corrected chi connectivity index (χ3v) is 7.03. The molecule has 8 heteroatoms.